The Labute approximate surface area is 129 Å². The number of allylic oxidation sites excluding steroid dienone is 2. The quantitative estimate of drug-likeness (QED) is 0.837. The number of amides is 1. The molecule has 0 aliphatic carbocycles. The van der Waals surface area contributed by atoms with Crippen molar-refractivity contribution in [3.05, 3.63) is 41.2 Å². The molecule has 0 unspecified atom stereocenters. The lowest BCUT2D eigenvalue weighted by Gasteiger charge is -2.29. The molecule has 0 bridgehead atoms. The van der Waals surface area contributed by atoms with Crippen LogP contribution >= 0.6 is 0 Å². The van der Waals surface area contributed by atoms with Crippen LogP contribution < -0.4 is 5.32 Å². The lowest BCUT2D eigenvalue weighted by molar-refractivity contribution is -0.123. The molecule has 0 atom stereocenters. The van der Waals surface area contributed by atoms with E-state index in [9.17, 15) is 18.0 Å². The lowest BCUT2D eigenvalue weighted by atomic mass is 10.1. The molecule has 0 aromatic heterocycles. The van der Waals surface area contributed by atoms with E-state index < -0.39 is 15.8 Å². The Bertz CT molecular complexity index is 778. The molecule has 2 rings (SSSR count). The SMILES string of the molecule is C/C(NC(=O)C(C)C)=C1\C(=O)c2ccccc2S(=O)(=O)N1C. The topological polar surface area (TPSA) is 83.5 Å². The van der Waals surface area contributed by atoms with E-state index in [1.807, 2.05) is 0 Å². The summed E-state index contributed by atoms with van der Waals surface area (Å²) in [6.45, 7) is 4.95. The first kappa shape index (κ1) is 16.2. The predicted molar refractivity (Wildman–Crippen MR) is 81.4 cm³/mol. The van der Waals surface area contributed by atoms with Gasteiger partial charge >= 0.3 is 0 Å². The normalized spacial score (nSPS) is 19.0. The number of likely N-dealkylation sites (N-methyl/N-ethyl adjacent to an activating group) is 1. The third kappa shape index (κ3) is 2.52. The zero-order chi connectivity index (χ0) is 16.7. The summed E-state index contributed by atoms with van der Waals surface area (Å²) in [6, 6.07) is 6.05. The summed E-state index contributed by atoms with van der Waals surface area (Å²) in [5, 5.41) is 2.59. The van der Waals surface area contributed by atoms with Gasteiger partial charge in [0.05, 0.1) is 4.90 Å². The fourth-order valence-corrected chi connectivity index (χ4v) is 3.66. The number of nitrogens with zero attached hydrogens (tertiary/aromatic N) is 1. The first-order valence-electron chi connectivity index (χ1n) is 6.82. The van der Waals surface area contributed by atoms with Crippen LogP contribution in [0.5, 0.6) is 0 Å². The summed E-state index contributed by atoms with van der Waals surface area (Å²) < 4.78 is 25.9. The average molecular weight is 322 g/mol. The van der Waals surface area contributed by atoms with E-state index in [1.165, 1.54) is 26.1 Å². The molecule has 1 aromatic carbocycles. The molecule has 0 spiro atoms. The molecular formula is C15H18N2O4S. The van der Waals surface area contributed by atoms with Gasteiger partial charge in [-0.3, -0.25) is 13.9 Å². The Morgan fingerprint density at radius 3 is 2.41 bits per heavy atom. The van der Waals surface area contributed by atoms with E-state index in [4.69, 9.17) is 0 Å². The van der Waals surface area contributed by atoms with Gasteiger partial charge in [-0.25, -0.2) is 8.42 Å². The van der Waals surface area contributed by atoms with Crippen LogP contribution in [-0.4, -0.2) is 31.5 Å². The average Bonchev–Trinajstić information content (AvgIpc) is 2.45. The zero-order valence-electron chi connectivity index (χ0n) is 12.9. The minimum atomic E-state index is -3.80. The molecule has 22 heavy (non-hydrogen) atoms. The molecule has 1 heterocycles. The van der Waals surface area contributed by atoms with Gasteiger partial charge in [-0.1, -0.05) is 26.0 Å². The number of hydrogen-bond donors (Lipinski definition) is 1. The van der Waals surface area contributed by atoms with Crippen molar-refractivity contribution in [1.29, 1.82) is 0 Å². The van der Waals surface area contributed by atoms with Crippen LogP contribution in [0.25, 0.3) is 0 Å². The van der Waals surface area contributed by atoms with E-state index >= 15 is 0 Å². The van der Waals surface area contributed by atoms with Gasteiger partial charge in [-0.05, 0) is 19.1 Å². The molecule has 1 amide bonds. The van der Waals surface area contributed by atoms with Gasteiger partial charge in [0.25, 0.3) is 10.0 Å². The largest absolute Gasteiger partial charge is 0.328 e. The van der Waals surface area contributed by atoms with Gasteiger partial charge in [-0.2, -0.15) is 0 Å². The third-order valence-electron chi connectivity index (χ3n) is 3.49. The number of hydrogen-bond acceptors (Lipinski definition) is 4. The molecule has 0 saturated heterocycles. The van der Waals surface area contributed by atoms with Crippen LogP contribution in [0, 0.1) is 5.92 Å². The molecule has 0 saturated carbocycles. The monoisotopic (exact) mass is 322 g/mol. The van der Waals surface area contributed by atoms with Crippen molar-refractivity contribution in [3.63, 3.8) is 0 Å². The van der Waals surface area contributed by atoms with E-state index in [-0.39, 0.29) is 33.7 Å². The van der Waals surface area contributed by atoms with Crippen molar-refractivity contribution in [2.45, 2.75) is 25.7 Å². The van der Waals surface area contributed by atoms with Gasteiger partial charge in [0, 0.05) is 24.2 Å². The maximum Gasteiger partial charge on any atom is 0.264 e. The molecule has 118 valence electrons. The molecule has 1 aliphatic rings. The van der Waals surface area contributed by atoms with Crippen LogP contribution in [0.3, 0.4) is 0 Å². The molecule has 1 aliphatic heterocycles. The summed E-state index contributed by atoms with van der Waals surface area (Å²) in [7, 11) is -2.49. The van der Waals surface area contributed by atoms with Gasteiger partial charge < -0.3 is 5.32 Å². The number of carbonyl (C=O) groups excluding carboxylic acids is 2. The first-order valence-corrected chi connectivity index (χ1v) is 8.26. The molecule has 7 heteroatoms. The minimum absolute atomic E-state index is 0.0192. The molecule has 1 aromatic rings. The van der Waals surface area contributed by atoms with Crippen molar-refractivity contribution in [3.8, 4) is 0 Å². The molecule has 0 radical (unpaired) electrons. The first-order chi connectivity index (χ1) is 10.2. The van der Waals surface area contributed by atoms with E-state index in [0.29, 0.717) is 0 Å². The highest BCUT2D eigenvalue weighted by Crippen LogP contribution is 2.31. The smallest absolute Gasteiger partial charge is 0.264 e. The lowest BCUT2D eigenvalue weighted by Crippen LogP contribution is -2.39. The number of Topliss-reactive ketones (excluding diaryl/α,β-unsaturated/α-hetero) is 1. The highest BCUT2D eigenvalue weighted by atomic mass is 32.2. The van der Waals surface area contributed by atoms with Crippen LogP contribution in [0.1, 0.15) is 31.1 Å². The Balaban J connectivity index is 2.60. The van der Waals surface area contributed by atoms with Crippen LogP contribution in [0.2, 0.25) is 0 Å². The fourth-order valence-electron chi connectivity index (χ4n) is 2.21. The van der Waals surface area contributed by atoms with Crippen LogP contribution in [-0.2, 0) is 14.8 Å². The van der Waals surface area contributed by atoms with Gasteiger partial charge in [-0.15, -0.1) is 0 Å². The van der Waals surface area contributed by atoms with Gasteiger partial charge in [0.15, 0.2) is 0 Å². The summed E-state index contributed by atoms with van der Waals surface area (Å²) in [5.74, 6) is -0.972. The van der Waals surface area contributed by atoms with E-state index in [1.54, 1.807) is 26.0 Å². The second-order valence-corrected chi connectivity index (χ2v) is 7.35. The Kier molecular flexibility index (Phi) is 4.10. The number of benzene rings is 1. The number of fused-ring (bicyclic) bond motifs is 1. The summed E-state index contributed by atoms with van der Waals surface area (Å²) in [4.78, 5) is 24.4. The highest BCUT2D eigenvalue weighted by Gasteiger charge is 2.38. The molecule has 6 nitrogen and oxygen atoms in total. The van der Waals surface area contributed by atoms with E-state index in [0.717, 1.165) is 4.31 Å². The predicted octanol–water partition coefficient (Wildman–Crippen LogP) is 1.51. The third-order valence-corrected chi connectivity index (χ3v) is 5.31. The van der Waals surface area contributed by atoms with Crippen molar-refractivity contribution < 1.29 is 18.0 Å². The van der Waals surface area contributed by atoms with Crippen molar-refractivity contribution >= 4 is 21.7 Å². The van der Waals surface area contributed by atoms with Crippen LogP contribution in [0.15, 0.2) is 40.6 Å². The molecule has 1 N–H and O–H groups in total. The Hall–Kier alpha value is -2.15. The van der Waals surface area contributed by atoms with Gasteiger partial charge in [0.2, 0.25) is 11.7 Å². The fraction of sp³-hybridized carbons (Fsp3) is 0.333. The van der Waals surface area contributed by atoms with Gasteiger partial charge in [0.1, 0.15) is 5.70 Å². The maximum atomic E-state index is 12.6. The van der Waals surface area contributed by atoms with E-state index in [2.05, 4.69) is 5.32 Å². The van der Waals surface area contributed by atoms with Crippen molar-refractivity contribution in [1.82, 2.24) is 9.62 Å². The summed E-state index contributed by atoms with van der Waals surface area (Å²) >= 11 is 0. The van der Waals surface area contributed by atoms with Crippen molar-refractivity contribution in [2.75, 3.05) is 7.05 Å². The maximum absolute atomic E-state index is 12.6. The highest BCUT2D eigenvalue weighted by molar-refractivity contribution is 7.89. The standard InChI is InChI=1S/C15H18N2O4S/c1-9(2)15(19)16-10(3)13-14(18)11-7-5-6-8-12(11)22(20,21)17(13)4/h5-9H,1-4H3,(H,16,19)/b13-10-. The van der Waals surface area contributed by atoms with Crippen molar-refractivity contribution in [2.24, 2.45) is 5.92 Å². The molecular weight excluding hydrogens is 304 g/mol. The second kappa shape index (κ2) is 5.57. The molecule has 0 fully saturated rings. The Morgan fingerprint density at radius 2 is 1.82 bits per heavy atom. The zero-order valence-corrected chi connectivity index (χ0v) is 13.7. The summed E-state index contributed by atoms with van der Waals surface area (Å²) in [6.07, 6.45) is 0. The second-order valence-electron chi connectivity index (χ2n) is 5.42. The van der Waals surface area contributed by atoms with Crippen LogP contribution in [0.4, 0.5) is 0 Å². The number of rotatable bonds is 2. The summed E-state index contributed by atoms with van der Waals surface area (Å²) in [5.41, 5.74) is 0.311. The number of nitrogens with one attached hydrogen (secondary N) is 1. The number of ketones is 1. The minimum Gasteiger partial charge on any atom is -0.328 e. The Morgan fingerprint density at radius 1 is 1.23 bits per heavy atom. The number of sulfonamides is 1. The number of carbonyl (C=O) groups is 2.